The fourth-order valence-electron chi connectivity index (χ4n) is 3.14. The number of rotatable bonds is 6. The Balaban J connectivity index is 1.64. The van der Waals surface area contributed by atoms with Crippen LogP contribution >= 0.6 is 0 Å². The van der Waals surface area contributed by atoms with E-state index in [-0.39, 0.29) is 11.8 Å². The number of benzene rings is 2. The number of para-hydroxylation sites is 1. The second-order valence-corrected chi connectivity index (χ2v) is 6.17. The molecule has 0 saturated heterocycles. The van der Waals surface area contributed by atoms with Crippen LogP contribution in [0.15, 0.2) is 54.6 Å². The first-order chi connectivity index (χ1) is 11.8. The third-order valence-corrected chi connectivity index (χ3v) is 4.45. The van der Waals surface area contributed by atoms with Gasteiger partial charge in [-0.2, -0.15) is 0 Å². The number of nitrogens with two attached hydrogens (primary N) is 1. The van der Waals surface area contributed by atoms with E-state index in [0.717, 1.165) is 24.2 Å². The van der Waals surface area contributed by atoms with Crippen LogP contribution in [0.25, 0.3) is 0 Å². The molecule has 0 spiro atoms. The highest BCUT2D eigenvalue weighted by Gasteiger charge is 2.29. The fraction of sp³-hybridized carbons (Fsp3) is 0.350. The third-order valence-electron chi connectivity index (χ3n) is 4.45. The van der Waals surface area contributed by atoms with E-state index in [4.69, 9.17) is 10.5 Å². The first-order valence-electron chi connectivity index (χ1n) is 8.51. The van der Waals surface area contributed by atoms with Crippen molar-refractivity contribution < 1.29 is 9.53 Å². The quantitative estimate of drug-likeness (QED) is 0.887. The lowest BCUT2D eigenvalue weighted by Crippen LogP contribution is -2.44. The maximum absolute atomic E-state index is 12.9. The van der Waals surface area contributed by atoms with Crippen LogP contribution in [0, 0.1) is 5.92 Å². The normalized spacial score (nSPS) is 16.1. The molecule has 2 N–H and O–H groups in total. The van der Waals surface area contributed by atoms with Crippen molar-refractivity contribution in [3.8, 4) is 5.75 Å². The predicted molar refractivity (Wildman–Crippen MR) is 94.9 cm³/mol. The van der Waals surface area contributed by atoms with Crippen LogP contribution in [0.2, 0.25) is 0 Å². The van der Waals surface area contributed by atoms with Gasteiger partial charge < -0.3 is 15.4 Å². The highest BCUT2D eigenvalue weighted by Crippen LogP contribution is 2.27. The van der Waals surface area contributed by atoms with Gasteiger partial charge in [-0.05, 0) is 30.0 Å². The lowest BCUT2D eigenvalue weighted by Gasteiger charge is -2.30. The van der Waals surface area contributed by atoms with Crippen molar-refractivity contribution >= 4 is 5.91 Å². The summed E-state index contributed by atoms with van der Waals surface area (Å²) in [7, 11) is 0. The number of carbonyl (C=O) groups is 1. The molecule has 0 saturated carbocycles. The van der Waals surface area contributed by atoms with E-state index in [2.05, 4.69) is 12.1 Å². The Morgan fingerprint density at radius 1 is 1.08 bits per heavy atom. The van der Waals surface area contributed by atoms with E-state index in [1.165, 1.54) is 5.56 Å². The van der Waals surface area contributed by atoms with Crippen LogP contribution in [-0.2, 0) is 17.6 Å². The van der Waals surface area contributed by atoms with Gasteiger partial charge in [-0.3, -0.25) is 4.79 Å². The first-order valence-corrected chi connectivity index (χ1v) is 8.51. The average molecular weight is 324 g/mol. The predicted octanol–water partition coefficient (Wildman–Crippen LogP) is 2.27. The van der Waals surface area contributed by atoms with Gasteiger partial charge in [0.25, 0.3) is 0 Å². The van der Waals surface area contributed by atoms with Gasteiger partial charge in [0.15, 0.2) is 0 Å². The maximum atomic E-state index is 12.9. The third kappa shape index (κ3) is 3.95. The van der Waals surface area contributed by atoms with E-state index in [9.17, 15) is 4.79 Å². The molecule has 1 aliphatic rings. The summed E-state index contributed by atoms with van der Waals surface area (Å²) in [5.41, 5.74) is 8.06. The Hall–Kier alpha value is -2.33. The van der Waals surface area contributed by atoms with Crippen molar-refractivity contribution in [3.63, 3.8) is 0 Å². The van der Waals surface area contributed by atoms with Crippen molar-refractivity contribution in [1.29, 1.82) is 0 Å². The first kappa shape index (κ1) is 16.5. The van der Waals surface area contributed by atoms with Gasteiger partial charge >= 0.3 is 0 Å². The topological polar surface area (TPSA) is 55.6 Å². The lowest BCUT2D eigenvalue weighted by atomic mass is 9.95. The van der Waals surface area contributed by atoms with Crippen molar-refractivity contribution in [3.05, 3.63) is 65.7 Å². The number of carbonyl (C=O) groups excluding carboxylic acids is 1. The number of amides is 1. The molecule has 1 amide bonds. The summed E-state index contributed by atoms with van der Waals surface area (Å²) >= 11 is 0. The van der Waals surface area contributed by atoms with Crippen LogP contribution in [0.4, 0.5) is 0 Å². The minimum absolute atomic E-state index is 0.123. The summed E-state index contributed by atoms with van der Waals surface area (Å²) in [5, 5.41) is 0. The minimum Gasteiger partial charge on any atom is -0.492 e. The van der Waals surface area contributed by atoms with Crippen molar-refractivity contribution in [2.75, 3.05) is 26.2 Å². The van der Waals surface area contributed by atoms with Crippen LogP contribution in [-0.4, -0.2) is 37.0 Å². The van der Waals surface area contributed by atoms with Crippen molar-refractivity contribution in [1.82, 2.24) is 4.90 Å². The Bertz CT molecular complexity index is 672. The van der Waals surface area contributed by atoms with Crippen LogP contribution in [0.5, 0.6) is 5.75 Å². The Labute approximate surface area is 143 Å². The molecular weight excluding hydrogens is 300 g/mol. The molecule has 0 bridgehead atoms. The molecule has 1 atom stereocenters. The van der Waals surface area contributed by atoms with Gasteiger partial charge in [0.05, 0.1) is 5.92 Å². The second-order valence-electron chi connectivity index (χ2n) is 6.17. The molecule has 0 fully saturated rings. The summed E-state index contributed by atoms with van der Waals surface area (Å²) < 4.78 is 5.77. The van der Waals surface area contributed by atoms with E-state index in [1.54, 1.807) is 0 Å². The summed E-state index contributed by atoms with van der Waals surface area (Å²) in [4.78, 5) is 14.8. The molecule has 0 radical (unpaired) electrons. The van der Waals surface area contributed by atoms with Crippen molar-refractivity contribution in [2.45, 2.75) is 12.8 Å². The summed E-state index contributed by atoms with van der Waals surface area (Å²) in [5.74, 6) is 0.921. The molecule has 2 aromatic rings. The highest BCUT2D eigenvalue weighted by atomic mass is 16.5. The number of nitrogens with zero attached hydrogens (tertiary/aromatic N) is 1. The molecule has 24 heavy (non-hydrogen) atoms. The van der Waals surface area contributed by atoms with Crippen LogP contribution < -0.4 is 10.5 Å². The summed E-state index contributed by atoms with van der Waals surface area (Å²) in [6, 6.07) is 18.2. The van der Waals surface area contributed by atoms with E-state index >= 15 is 0 Å². The van der Waals surface area contributed by atoms with Crippen molar-refractivity contribution in [2.24, 2.45) is 11.7 Å². The zero-order valence-corrected chi connectivity index (χ0v) is 13.9. The second kappa shape index (κ2) is 7.97. The Morgan fingerprint density at radius 2 is 1.83 bits per heavy atom. The minimum atomic E-state index is -0.123. The number of hydrogen-bond acceptors (Lipinski definition) is 3. The molecular formula is C20H24N2O2. The van der Waals surface area contributed by atoms with Crippen LogP contribution in [0.3, 0.4) is 0 Å². The molecule has 0 aromatic heterocycles. The largest absolute Gasteiger partial charge is 0.492 e. The number of fused-ring (bicyclic) bond motifs is 1. The number of ether oxygens (including phenoxy) is 1. The molecule has 3 rings (SSSR count). The highest BCUT2D eigenvalue weighted by molar-refractivity contribution is 5.79. The van der Waals surface area contributed by atoms with Gasteiger partial charge in [-0.15, -0.1) is 0 Å². The van der Waals surface area contributed by atoms with Gasteiger partial charge in [-0.25, -0.2) is 0 Å². The van der Waals surface area contributed by atoms with Gasteiger partial charge in [-0.1, -0.05) is 48.5 Å². The summed E-state index contributed by atoms with van der Waals surface area (Å²) in [6.07, 6.45) is 1.58. The van der Waals surface area contributed by atoms with Crippen LogP contribution in [0.1, 0.15) is 11.1 Å². The molecule has 4 nitrogen and oxygen atoms in total. The SMILES string of the molecule is NCCN(CCc1ccccc1)C(=O)C1COc2ccccc2C1. The molecule has 2 aromatic carbocycles. The molecule has 4 heteroatoms. The number of hydrogen-bond donors (Lipinski definition) is 1. The smallest absolute Gasteiger partial charge is 0.229 e. The molecule has 0 aliphatic carbocycles. The monoisotopic (exact) mass is 324 g/mol. The molecule has 1 unspecified atom stereocenters. The molecule has 126 valence electrons. The average Bonchev–Trinajstić information content (AvgIpc) is 2.65. The summed E-state index contributed by atoms with van der Waals surface area (Å²) in [6.45, 7) is 2.20. The zero-order chi connectivity index (χ0) is 16.8. The Morgan fingerprint density at radius 3 is 2.62 bits per heavy atom. The lowest BCUT2D eigenvalue weighted by molar-refractivity contribution is -0.136. The van der Waals surface area contributed by atoms with Gasteiger partial charge in [0, 0.05) is 19.6 Å². The zero-order valence-electron chi connectivity index (χ0n) is 13.9. The Kier molecular flexibility index (Phi) is 5.49. The standard InChI is InChI=1S/C20H24N2O2/c21-11-13-22(12-10-16-6-2-1-3-7-16)20(23)18-14-17-8-4-5-9-19(17)24-15-18/h1-9,18H,10-15,21H2. The molecule has 1 aliphatic heterocycles. The van der Waals surface area contributed by atoms with Gasteiger partial charge in [0.1, 0.15) is 12.4 Å². The van der Waals surface area contributed by atoms with E-state index in [0.29, 0.717) is 26.2 Å². The molecule has 1 heterocycles. The van der Waals surface area contributed by atoms with E-state index in [1.807, 2.05) is 47.4 Å². The maximum Gasteiger partial charge on any atom is 0.229 e. The van der Waals surface area contributed by atoms with Gasteiger partial charge in [0.2, 0.25) is 5.91 Å². The fourth-order valence-corrected chi connectivity index (χ4v) is 3.14. The van der Waals surface area contributed by atoms with E-state index < -0.39 is 0 Å².